The third-order valence-corrected chi connectivity index (χ3v) is 3.35. The van der Waals surface area contributed by atoms with E-state index in [0.29, 0.717) is 5.92 Å². The maximum atomic E-state index is 6.21. The zero-order chi connectivity index (χ0) is 12.4. The van der Waals surface area contributed by atoms with E-state index in [1.807, 2.05) is 42.5 Å². The molecule has 0 heterocycles. The second-order valence-corrected chi connectivity index (χ2v) is 4.85. The zero-order valence-corrected chi connectivity index (χ0v) is 10.3. The van der Waals surface area contributed by atoms with Crippen molar-refractivity contribution in [3.63, 3.8) is 0 Å². The summed E-state index contributed by atoms with van der Waals surface area (Å²) in [5.74, 6) is 2.38. The van der Waals surface area contributed by atoms with Gasteiger partial charge < -0.3 is 10.5 Å². The highest BCUT2D eigenvalue weighted by Gasteiger charge is 2.29. The molecule has 0 spiro atoms. The van der Waals surface area contributed by atoms with Crippen LogP contribution in [0.2, 0.25) is 0 Å². The van der Waals surface area contributed by atoms with Gasteiger partial charge in [-0.3, -0.25) is 0 Å². The first-order valence-electron chi connectivity index (χ1n) is 6.41. The molecular weight excluding hydrogens is 222 g/mol. The van der Waals surface area contributed by atoms with E-state index in [-0.39, 0.29) is 6.04 Å². The Morgan fingerprint density at radius 3 is 2.39 bits per heavy atom. The van der Waals surface area contributed by atoms with Crippen LogP contribution in [0.4, 0.5) is 0 Å². The fourth-order valence-corrected chi connectivity index (χ4v) is 2.14. The molecule has 0 radical (unpaired) electrons. The van der Waals surface area contributed by atoms with Gasteiger partial charge in [0.05, 0.1) is 0 Å². The van der Waals surface area contributed by atoms with E-state index in [1.165, 1.54) is 18.4 Å². The number of para-hydroxylation sites is 1. The minimum absolute atomic E-state index is 0.157. The van der Waals surface area contributed by atoms with Gasteiger partial charge in [-0.05, 0) is 48.6 Å². The first-order valence-corrected chi connectivity index (χ1v) is 6.41. The van der Waals surface area contributed by atoms with Gasteiger partial charge in [-0.25, -0.2) is 0 Å². The van der Waals surface area contributed by atoms with Crippen LogP contribution in [0.25, 0.3) is 0 Å². The number of benzene rings is 2. The van der Waals surface area contributed by atoms with E-state index in [9.17, 15) is 0 Å². The van der Waals surface area contributed by atoms with Gasteiger partial charge in [-0.15, -0.1) is 0 Å². The Labute approximate surface area is 107 Å². The number of nitrogens with two attached hydrogens (primary N) is 1. The fourth-order valence-electron chi connectivity index (χ4n) is 2.14. The van der Waals surface area contributed by atoms with Crippen molar-refractivity contribution in [1.29, 1.82) is 0 Å². The van der Waals surface area contributed by atoms with Crippen LogP contribution in [0.5, 0.6) is 11.5 Å². The summed E-state index contributed by atoms with van der Waals surface area (Å²) < 4.78 is 5.81. The SMILES string of the molecule is N[C@@H](c1cccc(Oc2ccccc2)c1)C1CC1. The van der Waals surface area contributed by atoms with Gasteiger partial charge in [0.25, 0.3) is 0 Å². The van der Waals surface area contributed by atoms with Crippen molar-refractivity contribution in [2.24, 2.45) is 11.7 Å². The summed E-state index contributed by atoms with van der Waals surface area (Å²) in [5, 5.41) is 0. The van der Waals surface area contributed by atoms with Crippen molar-refractivity contribution < 1.29 is 4.74 Å². The molecular formula is C16H17NO. The zero-order valence-electron chi connectivity index (χ0n) is 10.3. The number of hydrogen-bond donors (Lipinski definition) is 1. The molecule has 0 aliphatic heterocycles. The van der Waals surface area contributed by atoms with Crippen LogP contribution in [0, 0.1) is 5.92 Å². The second-order valence-electron chi connectivity index (χ2n) is 4.85. The van der Waals surface area contributed by atoms with Crippen LogP contribution in [0.15, 0.2) is 54.6 Å². The quantitative estimate of drug-likeness (QED) is 0.878. The molecule has 92 valence electrons. The van der Waals surface area contributed by atoms with Gasteiger partial charge >= 0.3 is 0 Å². The molecule has 1 fully saturated rings. The number of ether oxygens (including phenoxy) is 1. The summed E-state index contributed by atoms with van der Waals surface area (Å²) in [6, 6.07) is 18.1. The van der Waals surface area contributed by atoms with Crippen LogP contribution >= 0.6 is 0 Å². The van der Waals surface area contributed by atoms with Crippen molar-refractivity contribution in [1.82, 2.24) is 0 Å². The Balaban J connectivity index is 1.78. The Kier molecular flexibility index (Phi) is 3.03. The lowest BCUT2D eigenvalue weighted by Gasteiger charge is -2.12. The van der Waals surface area contributed by atoms with E-state index < -0.39 is 0 Å². The Morgan fingerprint density at radius 1 is 0.944 bits per heavy atom. The molecule has 0 aromatic heterocycles. The average Bonchev–Trinajstić information content (AvgIpc) is 3.24. The van der Waals surface area contributed by atoms with Gasteiger partial charge in [0, 0.05) is 6.04 Å². The highest BCUT2D eigenvalue weighted by Crippen LogP contribution is 2.40. The average molecular weight is 239 g/mol. The van der Waals surface area contributed by atoms with E-state index >= 15 is 0 Å². The largest absolute Gasteiger partial charge is 0.457 e. The lowest BCUT2D eigenvalue weighted by Crippen LogP contribution is -2.12. The smallest absolute Gasteiger partial charge is 0.127 e. The van der Waals surface area contributed by atoms with Gasteiger partial charge in [0.1, 0.15) is 11.5 Å². The lowest BCUT2D eigenvalue weighted by molar-refractivity contribution is 0.480. The monoisotopic (exact) mass is 239 g/mol. The van der Waals surface area contributed by atoms with Crippen molar-refractivity contribution in [2.75, 3.05) is 0 Å². The van der Waals surface area contributed by atoms with E-state index in [2.05, 4.69) is 12.1 Å². The van der Waals surface area contributed by atoms with Gasteiger partial charge in [-0.2, -0.15) is 0 Å². The van der Waals surface area contributed by atoms with Gasteiger partial charge in [0.15, 0.2) is 0 Å². The predicted octanol–water partition coefficient (Wildman–Crippen LogP) is 3.89. The van der Waals surface area contributed by atoms with E-state index in [0.717, 1.165) is 11.5 Å². The molecule has 1 saturated carbocycles. The second kappa shape index (κ2) is 4.83. The lowest BCUT2D eigenvalue weighted by atomic mass is 10.0. The highest BCUT2D eigenvalue weighted by atomic mass is 16.5. The molecule has 0 bridgehead atoms. The Morgan fingerprint density at radius 2 is 1.67 bits per heavy atom. The number of hydrogen-bond acceptors (Lipinski definition) is 2. The van der Waals surface area contributed by atoms with Gasteiger partial charge in [0.2, 0.25) is 0 Å². The molecule has 2 aromatic rings. The normalized spacial score (nSPS) is 16.3. The third-order valence-electron chi connectivity index (χ3n) is 3.35. The van der Waals surface area contributed by atoms with Gasteiger partial charge in [-0.1, -0.05) is 30.3 Å². The molecule has 2 heteroatoms. The summed E-state index contributed by atoms with van der Waals surface area (Å²) in [6.07, 6.45) is 2.51. The van der Waals surface area contributed by atoms with E-state index in [4.69, 9.17) is 10.5 Å². The maximum Gasteiger partial charge on any atom is 0.127 e. The standard InChI is InChI=1S/C16H17NO/c17-16(12-9-10-12)13-5-4-8-15(11-13)18-14-6-2-1-3-7-14/h1-8,11-12,16H,9-10,17H2/t16-/m1/s1. The van der Waals surface area contributed by atoms with Crippen LogP contribution in [-0.4, -0.2) is 0 Å². The van der Waals surface area contributed by atoms with Crippen LogP contribution in [-0.2, 0) is 0 Å². The Hall–Kier alpha value is -1.80. The molecule has 2 nitrogen and oxygen atoms in total. The third kappa shape index (κ3) is 2.54. The summed E-state index contributed by atoms with van der Waals surface area (Å²) in [7, 11) is 0. The highest BCUT2D eigenvalue weighted by molar-refractivity contribution is 5.35. The minimum Gasteiger partial charge on any atom is -0.457 e. The topological polar surface area (TPSA) is 35.2 Å². The van der Waals surface area contributed by atoms with E-state index in [1.54, 1.807) is 0 Å². The molecule has 2 aromatic carbocycles. The molecule has 1 atom stereocenters. The summed E-state index contributed by atoms with van der Waals surface area (Å²) >= 11 is 0. The Bertz CT molecular complexity index is 520. The maximum absolute atomic E-state index is 6.21. The fraction of sp³-hybridized carbons (Fsp3) is 0.250. The van der Waals surface area contributed by atoms with Crippen molar-refractivity contribution >= 4 is 0 Å². The molecule has 3 rings (SSSR count). The van der Waals surface area contributed by atoms with Crippen molar-refractivity contribution in [3.8, 4) is 11.5 Å². The first kappa shape index (κ1) is 11.3. The molecule has 0 unspecified atom stereocenters. The van der Waals surface area contributed by atoms with Crippen LogP contribution in [0.1, 0.15) is 24.4 Å². The predicted molar refractivity (Wildman–Crippen MR) is 72.6 cm³/mol. The first-order chi connectivity index (χ1) is 8.83. The molecule has 1 aliphatic rings. The molecule has 1 aliphatic carbocycles. The van der Waals surface area contributed by atoms with Crippen LogP contribution in [0.3, 0.4) is 0 Å². The minimum atomic E-state index is 0.157. The van der Waals surface area contributed by atoms with Crippen LogP contribution < -0.4 is 10.5 Å². The number of rotatable bonds is 4. The molecule has 0 saturated heterocycles. The summed E-state index contributed by atoms with van der Waals surface area (Å²) in [4.78, 5) is 0. The molecule has 2 N–H and O–H groups in total. The molecule has 18 heavy (non-hydrogen) atoms. The van der Waals surface area contributed by atoms with Crippen molar-refractivity contribution in [2.45, 2.75) is 18.9 Å². The van der Waals surface area contributed by atoms with Crippen molar-refractivity contribution in [3.05, 3.63) is 60.2 Å². The summed E-state index contributed by atoms with van der Waals surface area (Å²) in [6.45, 7) is 0. The molecule has 0 amide bonds. The summed E-state index contributed by atoms with van der Waals surface area (Å²) in [5.41, 5.74) is 7.38.